The van der Waals surface area contributed by atoms with Crippen molar-refractivity contribution < 1.29 is 0 Å². The fourth-order valence-corrected chi connectivity index (χ4v) is 4.20. The largest absolute Gasteiger partial charge is 0.328 e. The average molecular weight is 282 g/mol. The van der Waals surface area contributed by atoms with Gasteiger partial charge in [0.15, 0.2) is 10.4 Å². The van der Waals surface area contributed by atoms with Gasteiger partial charge >= 0.3 is 0 Å². The Hall–Kier alpha value is -0.750. The number of fused-ring (bicyclic) bond motifs is 1. The second-order valence-electron chi connectivity index (χ2n) is 4.80. The van der Waals surface area contributed by atoms with Gasteiger partial charge in [0, 0.05) is 18.8 Å². The number of aryl methyl sites for hydroxylation is 2. The Morgan fingerprint density at radius 3 is 3.06 bits per heavy atom. The highest BCUT2D eigenvalue weighted by atomic mass is 32.2. The first-order chi connectivity index (χ1) is 8.70. The second-order valence-corrected chi connectivity index (χ2v) is 6.59. The number of aromatic amines is 1. The quantitative estimate of drug-likeness (QED) is 0.880. The Morgan fingerprint density at radius 1 is 1.56 bits per heavy atom. The van der Waals surface area contributed by atoms with Gasteiger partial charge in [-0.2, -0.15) is 16.9 Å². The molecule has 0 amide bonds. The molecule has 1 N–H and O–H groups in total. The van der Waals surface area contributed by atoms with Crippen LogP contribution in [0.5, 0.6) is 0 Å². The summed E-state index contributed by atoms with van der Waals surface area (Å²) in [5.41, 5.74) is 3.37. The number of imidazole rings is 1. The molecule has 0 aliphatic carbocycles. The normalized spacial score (nSPS) is 20.0. The topological polar surface area (TPSA) is 38.5 Å². The van der Waals surface area contributed by atoms with Gasteiger partial charge in [0.1, 0.15) is 5.52 Å². The van der Waals surface area contributed by atoms with E-state index in [0.717, 1.165) is 34.6 Å². The zero-order chi connectivity index (χ0) is 12.7. The summed E-state index contributed by atoms with van der Waals surface area (Å²) in [4.78, 5) is 3.33. The van der Waals surface area contributed by atoms with Gasteiger partial charge in [-0.1, -0.05) is 6.92 Å². The summed E-state index contributed by atoms with van der Waals surface area (Å²) < 4.78 is 5.01. The number of aromatic nitrogens is 4. The van der Waals surface area contributed by atoms with Crippen LogP contribution < -0.4 is 0 Å². The van der Waals surface area contributed by atoms with Crippen LogP contribution in [-0.4, -0.2) is 30.3 Å². The Kier molecular flexibility index (Phi) is 3.23. The fraction of sp³-hybridized carbons (Fsp3) is 0.667. The summed E-state index contributed by atoms with van der Waals surface area (Å²) in [6.45, 7) is 3.13. The summed E-state index contributed by atoms with van der Waals surface area (Å²) in [5.74, 6) is 1.29. The smallest absolute Gasteiger partial charge is 0.179 e. The second kappa shape index (κ2) is 4.74. The molecule has 1 unspecified atom stereocenters. The van der Waals surface area contributed by atoms with E-state index >= 15 is 0 Å². The third-order valence-corrected chi connectivity index (χ3v) is 5.27. The monoisotopic (exact) mass is 282 g/mol. The molecule has 0 saturated carbocycles. The van der Waals surface area contributed by atoms with E-state index < -0.39 is 0 Å². The summed E-state index contributed by atoms with van der Waals surface area (Å²) in [5, 5.41) is 5.26. The minimum atomic E-state index is 0.704. The molecule has 1 fully saturated rings. The van der Waals surface area contributed by atoms with Crippen LogP contribution in [0.2, 0.25) is 0 Å². The van der Waals surface area contributed by atoms with Gasteiger partial charge in [-0.15, -0.1) is 0 Å². The molecule has 3 rings (SSSR count). The zero-order valence-corrected chi connectivity index (χ0v) is 12.4. The summed E-state index contributed by atoms with van der Waals surface area (Å²) >= 11 is 7.53. The van der Waals surface area contributed by atoms with E-state index in [1.807, 2.05) is 11.7 Å². The molecule has 98 valence electrons. The first kappa shape index (κ1) is 12.3. The maximum Gasteiger partial charge on any atom is 0.179 e. The van der Waals surface area contributed by atoms with E-state index in [0.29, 0.717) is 5.25 Å². The molecule has 1 saturated heterocycles. The van der Waals surface area contributed by atoms with Crippen molar-refractivity contribution in [2.45, 2.75) is 38.0 Å². The first-order valence-electron chi connectivity index (χ1n) is 6.46. The van der Waals surface area contributed by atoms with Crippen LogP contribution in [0.25, 0.3) is 11.2 Å². The van der Waals surface area contributed by atoms with Crippen molar-refractivity contribution in [3.05, 3.63) is 10.5 Å². The number of H-pyrrole nitrogens is 1. The Bertz CT molecular complexity index is 616. The number of hydrogen-bond donors (Lipinski definition) is 1. The van der Waals surface area contributed by atoms with Crippen molar-refractivity contribution in [1.29, 1.82) is 0 Å². The lowest BCUT2D eigenvalue weighted by Gasteiger charge is -2.10. The lowest BCUT2D eigenvalue weighted by molar-refractivity contribution is 0.623. The highest BCUT2D eigenvalue weighted by Crippen LogP contribution is 2.29. The Balaban J connectivity index is 2.07. The van der Waals surface area contributed by atoms with Crippen LogP contribution in [-0.2, 0) is 20.0 Å². The molecule has 0 aromatic carbocycles. The van der Waals surface area contributed by atoms with Crippen LogP contribution in [0.3, 0.4) is 0 Å². The van der Waals surface area contributed by atoms with Gasteiger partial charge in [0.25, 0.3) is 0 Å². The van der Waals surface area contributed by atoms with E-state index in [-0.39, 0.29) is 0 Å². The maximum absolute atomic E-state index is 5.47. The standard InChI is InChI=1S/C12H18N4S2/c1-3-9-10-11(15(2)14-9)16(12(17)13-10)7-8-5-4-6-18-8/h8H,3-7H2,1-2H3,(H,13,17). The van der Waals surface area contributed by atoms with Crippen molar-refractivity contribution in [2.75, 3.05) is 5.75 Å². The molecule has 1 aliphatic rings. The predicted octanol–water partition coefficient (Wildman–Crippen LogP) is 2.89. The molecule has 18 heavy (non-hydrogen) atoms. The Morgan fingerprint density at radius 2 is 2.39 bits per heavy atom. The van der Waals surface area contributed by atoms with E-state index in [4.69, 9.17) is 12.2 Å². The minimum Gasteiger partial charge on any atom is -0.328 e. The van der Waals surface area contributed by atoms with Crippen molar-refractivity contribution in [1.82, 2.24) is 19.3 Å². The molecule has 0 radical (unpaired) electrons. The number of hydrogen-bond acceptors (Lipinski definition) is 3. The van der Waals surface area contributed by atoms with Gasteiger partial charge in [0.05, 0.1) is 5.69 Å². The maximum atomic E-state index is 5.47. The minimum absolute atomic E-state index is 0.704. The third-order valence-electron chi connectivity index (χ3n) is 3.57. The van der Waals surface area contributed by atoms with E-state index in [1.54, 1.807) is 0 Å². The lowest BCUT2D eigenvalue weighted by Crippen LogP contribution is -2.11. The van der Waals surface area contributed by atoms with Crippen molar-refractivity contribution in [2.24, 2.45) is 7.05 Å². The molecule has 1 aliphatic heterocycles. The van der Waals surface area contributed by atoms with Crippen molar-refractivity contribution in [3.63, 3.8) is 0 Å². The summed E-state index contributed by atoms with van der Waals surface area (Å²) in [6, 6.07) is 0. The predicted molar refractivity (Wildman–Crippen MR) is 78.7 cm³/mol. The van der Waals surface area contributed by atoms with E-state index in [1.165, 1.54) is 18.6 Å². The van der Waals surface area contributed by atoms with Crippen LogP contribution >= 0.6 is 24.0 Å². The number of thioether (sulfide) groups is 1. The van der Waals surface area contributed by atoms with Crippen LogP contribution in [0.1, 0.15) is 25.5 Å². The number of nitrogens with one attached hydrogen (secondary N) is 1. The van der Waals surface area contributed by atoms with E-state index in [9.17, 15) is 0 Å². The van der Waals surface area contributed by atoms with Gasteiger partial charge < -0.3 is 9.55 Å². The first-order valence-corrected chi connectivity index (χ1v) is 7.92. The van der Waals surface area contributed by atoms with Crippen LogP contribution in [0, 0.1) is 4.77 Å². The molecule has 1 atom stereocenters. The third kappa shape index (κ3) is 1.91. The molecular formula is C12H18N4S2. The van der Waals surface area contributed by atoms with Crippen LogP contribution in [0.15, 0.2) is 0 Å². The average Bonchev–Trinajstić information content (AvgIpc) is 3.01. The summed E-state index contributed by atoms with van der Waals surface area (Å²) in [7, 11) is 2.00. The highest BCUT2D eigenvalue weighted by Gasteiger charge is 2.20. The van der Waals surface area contributed by atoms with Gasteiger partial charge in [-0.05, 0) is 37.2 Å². The van der Waals surface area contributed by atoms with Gasteiger partial charge in [-0.3, -0.25) is 4.68 Å². The molecule has 3 heterocycles. The fourth-order valence-electron chi connectivity index (χ4n) is 2.69. The SMILES string of the molecule is CCc1nn(C)c2c1[nH]c(=S)n2CC1CCCS1. The molecule has 0 bridgehead atoms. The van der Waals surface area contributed by atoms with E-state index in [2.05, 4.69) is 33.3 Å². The molecule has 0 spiro atoms. The highest BCUT2D eigenvalue weighted by molar-refractivity contribution is 8.00. The molecule has 2 aromatic rings. The van der Waals surface area contributed by atoms with Crippen molar-refractivity contribution >= 4 is 35.1 Å². The van der Waals surface area contributed by atoms with Crippen molar-refractivity contribution in [3.8, 4) is 0 Å². The summed E-state index contributed by atoms with van der Waals surface area (Å²) in [6.07, 6.45) is 3.57. The number of nitrogens with zero attached hydrogens (tertiary/aromatic N) is 3. The molecule has 4 nitrogen and oxygen atoms in total. The lowest BCUT2D eigenvalue weighted by atomic mass is 10.2. The molecular weight excluding hydrogens is 264 g/mol. The molecule has 2 aromatic heterocycles. The van der Waals surface area contributed by atoms with Gasteiger partial charge in [-0.25, -0.2) is 0 Å². The number of rotatable bonds is 3. The van der Waals surface area contributed by atoms with Gasteiger partial charge in [0.2, 0.25) is 0 Å². The molecule has 6 heteroatoms. The Labute approximate surface area is 116 Å². The zero-order valence-electron chi connectivity index (χ0n) is 10.8. The van der Waals surface area contributed by atoms with Crippen LogP contribution in [0.4, 0.5) is 0 Å².